The number of carboxylic acids is 2. The number of halogens is 5. The number of carbonyl (C=O) groups excluding carboxylic acids is 1. The van der Waals surface area contributed by atoms with Gasteiger partial charge in [0.25, 0.3) is 11.5 Å². The van der Waals surface area contributed by atoms with E-state index >= 15 is 0 Å². The summed E-state index contributed by atoms with van der Waals surface area (Å²) in [5.74, 6) is -3.16. The van der Waals surface area contributed by atoms with Crippen LogP contribution in [0.3, 0.4) is 0 Å². The van der Waals surface area contributed by atoms with E-state index < -0.39 is 57.9 Å². The third-order valence-corrected chi connectivity index (χ3v) is 8.91. The van der Waals surface area contributed by atoms with Gasteiger partial charge in [0.2, 0.25) is 0 Å². The van der Waals surface area contributed by atoms with E-state index in [1.807, 2.05) is 0 Å². The highest BCUT2D eigenvalue weighted by atomic mass is 35.5. The molecule has 0 bridgehead atoms. The largest absolute Gasteiger partial charge is 0.481 e. The lowest BCUT2D eigenvalue weighted by atomic mass is 9.88. The SMILES string of the molecule is CC(=O)O.CCC(C(=O)O)C1(CSC(=O)CSc2cc(-n3c(=O)cc(C(F)(F)F)n(C)c3=O)c(F)cc2Cl)CC1. The molecule has 2 aromatic rings. The van der Waals surface area contributed by atoms with Gasteiger partial charge in [-0.1, -0.05) is 30.3 Å². The maximum atomic E-state index is 14.6. The summed E-state index contributed by atoms with van der Waals surface area (Å²) in [5, 5.41) is 16.4. The van der Waals surface area contributed by atoms with Crippen LogP contribution in [0.25, 0.3) is 5.69 Å². The van der Waals surface area contributed by atoms with Gasteiger partial charge in [0.05, 0.1) is 22.4 Å². The van der Waals surface area contributed by atoms with E-state index in [2.05, 4.69) is 0 Å². The first-order valence-corrected chi connectivity index (χ1v) is 13.9. The molecule has 0 aliphatic heterocycles. The van der Waals surface area contributed by atoms with Gasteiger partial charge in [0, 0.05) is 30.7 Å². The fraction of sp³-hybridized carbons (Fsp3) is 0.458. The fourth-order valence-corrected chi connectivity index (χ4v) is 6.37. The maximum Gasteiger partial charge on any atom is 0.431 e. The lowest BCUT2D eigenvalue weighted by Gasteiger charge is -2.21. The first kappa shape index (κ1) is 33.4. The zero-order valence-electron chi connectivity index (χ0n) is 21.4. The Bertz CT molecular complexity index is 1420. The molecular weight excluding hydrogens is 604 g/mol. The van der Waals surface area contributed by atoms with Crippen molar-refractivity contribution in [3.8, 4) is 5.69 Å². The number of hydrogen-bond donors (Lipinski definition) is 2. The lowest BCUT2D eigenvalue weighted by molar-refractivity contribution is -0.145. The summed E-state index contributed by atoms with van der Waals surface area (Å²) in [6.07, 6.45) is -3.08. The minimum Gasteiger partial charge on any atom is -0.481 e. The van der Waals surface area contributed by atoms with Gasteiger partial charge in [-0.15, -0.1) is 11.8 Å². The summed E-state index contributed by atoms with van der Waals surface area (Å²) >= 11 is 7.95. The van der Waals surface area contributed by atoms with Crippen LogP contribution in [0.2, 0.25) is 5.02 Å². The molecule has 1 aromatic heterocycles. The zero-order chi connectivity index (χ0) is 30.6. The number of thioether (sulfide) groups is 2. The molecule has 16 heteroatoms. The average molecular weight is 629 g/mol. The minimum atomic E-state index is -4.97. The molecular formula is C24H25ClF4N2O7S2. The highest BCUT2D eigenvalue weighted by Gasteiger charge is 2.51. The lowest BCUT2D eigenvalue weighted by Crippen LogP contribution is -2.41. The Balaban J connectivity index is 0.00000131. The van der Waals surface area contributed by atoms with Crippen molar-refractivity contribution in [2.45, 2.75) is 44.2 Å². The standard InChI is InChI=1S/C22H21ClF4N2O5S2.C2H4O2/c1-3-11(19(32)33)21(4-5-21)10-36-18(31)9-35-15-7-14(13(24)6-12(15)23)29-17(30)8-16(22(25,26)27)28(2)20(29)34;1-2(3)4/h6-8,11H,3-5,9-10H2,1-2H3,(H,32,33);1H3,(H,3,4). The third-order valence-electron chi connectivity index (χ3n) is 6.06. The number of aliphatic carboxylic acids is 2. The monoisotopic (exact) mass is 628 g/mol. The molecule has 0 radical (unpaired) electrons. The van der Waals surface area contributed by atoms with Gasteiger partial charge >= 0.3 is 17.8 Å². The van der Waals surface area contributed by atoms with E-state index in [9.17, 15) is 41.8 Å². The maximum absolute atomic E-state index is 14.6. The number of alkyl halides is 3. The second kappa shape index (κ2) is 13.3. The van der Waals surface area contributed by atoms with E-state index in [0.29, 0.717) is 12.2 Å². The summed E-state index contributed by atoms with van der Waals surface area (Å²) in [7, 11) is 0.806. The molecule has 1 fully saturated rings. The minimum absolute atomic E-state index is 0.119. The molecule has 1 unspecified atom stereocenters. The van der Waals surface area contributed by atoms with Crippen LogP contribution in [0.15, 0.2) is 32.7 Å². The Morgan fingerprint density at radius 1 is 1.15 bits per heavy atom. The number of hydrogen-bond acceptors (Lipinski definition) is 7. The Hall–Kier alpha value is -2.78. The van der Waals surface area contributed by atoms with Gasteiger partial charge in [-0.25, -0.2) is 13.8 Å². The summed E-state index contributed by atoms with van der Waals surface area (Å²) in [6.45, 7) is 2.87. The van der Waals surface area contributed by atoms with Crippen molar-refractivity contribution in [1.29, 1.82) is 0 Å². The Kier molecular flexibility index (Phi) is 11.1. The highest BCUT2D eigenvalue weighted by molar-refractivity contribution is 8.15. The van der Waals surface area contributed by atoms with Crippen LogP contribution >= 0.6 is 35.1 Å². The van der Waals surface area contributed by atoms with Crippen LogP contribution < -0.4 is 11.2 Å². The molecule has 1 aliphatic carbocycles. The van der Waals surface area contributed by atoms with Crippen molar-refractivity contribution in [2.75, 3.05) is 11.5 Å². The third kappa shape index (κ3) is 8.13. The molecule has 1 saturated carbocycles. The van der Waals surface area contributed by atoms with E-state index in [4.69, 9.17) is 21.5 Å². The van der Waals surface area contributed by atoms with Crippen molar-refractivity contribution in [3.63, 3.8) is 0 Å². The predicted octanol–water partition coefficient (Wildman–Crippen LogP) is 4.68. The van der Waals surface area contributed by atoms with E-state index in [0.717, 1.165) is 62.5 Å². The van der Waals surface area contributed by atoms with Crippen LogP contribution in [-0.2, 0) is 27.6 Å². The second-order valence-corrected chi connectivity index (χ2v) is 11.4. The normalized spacial score (nSPS) is 14.6. The molecule has 1 heterocycles. The summed E-state index contributed by atoms with van der Waals surface area (Å²) in [5.41, 5.74) is -5.30. The molecule has 3 rings (SSSR count). The average Bonchev–Trinajstić information content (AvgIpc) is 3.60. The first-order valence-electron chi connectivity index (χ1n) is 11.6. The van der Waals surface area contributed by atoms with Gasteiger partial charge in [-0.2, -0.15) is 13.2 Å². The van der Waals surface area contributed by atoms with Crippen LogP contribution in [0.5, 0.6) is 0 Å². The number of carbonyl (C=O) groups is 3. The van der Waals surface area contributed by atoms with Gasteiger partial charge in [-0.3, -0.25) is 23.7 Å². The molecule has 2 N–H and O–H groups in total. The topological polar surface area (TPSA) is 136 Å². The number of benzene rings is 1. The van der Waals surface area contributed by atoms with Crippen molar-refractivity contribution in [2.24, 2.45) is 18.4 Å². The van der Waals surface area contributed by atoms with Crippen LogP contribution in [0.1, 0.15) is 38.8 Å². The summed E-state index contributed by atoms with van der Waals surface area (Å²) in [6, 6.07) is 2.02. The van der Waals surface area contributed by atoms with Crippen molar-refractivity contribution >= 4 is 52.2 Å². The van der Waals surface area contributed by atoms with E-state index in [1.54, 1.807) is 6.92 Å². The molecule has 0 spiro atoms. The molecule has 1 aliphatic rings. The van der Waals surface area contributed by atoms with Gasteiger partial charge < -0.3 is 10.2 Å². The van der Waals surface area contributed by atoms with Gasteiger partial charge in [0.15, 0.2) is 5.12 Å². The van der Waals surface area contributed by atoms with Crippen LogP contribution in [-0.4, -0.2) is 47.9 Å². The number of rotatable bonds is 9. The van der Waals surface area contributed by atoms with Crippen molar-refractivity contribution in [3.05, 3.63) is 55.6 Å². The summed E-state index contributed by atoms with van der Waals surface area (Å²) in [4.78, 5) is 57.9. The van der Waals surface area contributed by atoms with Crippen molar-refractivity contribution < 1.29 is 42.2 Å². The molecule has 40 heavy (non-hydrogen) atoms. The Morgan fingerprint density at radius 3 is 2.20 bits per heavy atom. The molecule has 0 amide bonds. The van der Waals surface area contributed by atoms with Crippen LogP contribution in [0, 0.1) is 17.2 Å². The molecule has 1 aromatic carbocycles. The van der Waals surface area contributed by atoms with E-state index in [-0.39, 0.29) is 36.0 Å². The quantitative estimate of drug-likeness (QED) is 0.300. The molecule has 220 valence electrons. The fourth-order valence-electron chi connectivity index (χ4n) is 3.95. The van der Waals surface area contributed by atoms with Crippen LogP contribution in [0.4, 0.5) is 17.6 Å². The number of aromatic nitrogens is 2. The van der Waals surface area contributed by atoms with Gasteiger partial charge in [-0.05, 0) is 36.8 Å². The first-order chi connectivity index (χ1) is 18.4. The smallest absolute Gasteiger partial charge is 0.431 e. The number of carboxylic acid groups (broad SMARTS) is 2. The predicted molar refractivity (Wildman–Crippen MR) is 142 cm³/mol. The zero-order valence-corrected chi connectivity index (χ0v) is 23.8. The molecule has 0 saturated heterocycles. The summed E-state index contributed by atoms with van der Waals surface area (Å²) < 4.78 is 54.4. The van der Waals surface area contributed by atoms with Crippen molar-refractivity contribution in [1.82, 2.24) is 9.13 Å². The number of nitrogens with zero attached hydrogens (tertiary/aromatic N) is 2. The second-order valence-electron chi connectivity index (χ2n) is 8.91. The van der Waals surface area contributed by atoms with E-state index in [1.165, 1.54) is 0 Å². The van der Waals surface area contributed by atoms with Gasteiger partial charge in [0.1, 0.15) is 11.5 Å². The molecule has 1 atom stereocenters. The molecule has 9 nitrogen and oxygen atoms in total. The Morgan fingerprint density at radius 2 is 1.73 bits per heavy atom. The Labute approximate surface area is 238 Å². The highest BCUT2D eigenvalue weighted by Crippen LogP contribution is 2.55.